The number of carbonyl (C=O) groups excluding carboxylic acids is 1. The van der Waals surface area contributed by atoms with Crippen LogP contribution >= 0.6 is 0 Å². The molecule has 0 saturated heterocycles. The fourth-order valence-electron chi connectivity index (χ4n) is 1.29. The molecular weight excluding hydrogens is 252 g/mol. The number of nitrogens with one attached hydrogen (secondary N) is 2. The number of sulfonamides is 1. The molecule has 0 unspecified atom stereocenters. The third-order valence-corrected chi connectivity index (χ3v) is 3.51. The lowest BCUT2D eigenvalue weighted by molar-refractivity contribution is 0.0955. The summed E-state index contributed by atoms with van der Waals surface area (Å²) in [4.78, 5) is 11.6. The molecule has 5 nitrogen and oxygen atoms in total. The predicted molar refractivity (Wildman–Crippen MR) is 68.5 cm³/mol. The standard InChI is InChI=1S/C12H14N2O3S/c1-3-8-14-18(16,17)11-7-5-6-10(9-11)12(15)13-4-2/h1,5-7,9,14H,4,8H2,2H3,(H,13,15). The maximum Gasteiger partial charge on any atom is 0.251 e. The first-order chi connectivity index (χ1) is 8.51. The van der Waals surface area contributed by atoms with Crippen LogP contribution in [-0.4, -0.2) is 27.4 Å². The Kier molecular flexibility index (Phi) is 4.89. The number of terminal acetylenes is 1. The Morgan fingerprint density at radius 1 is 1.44 bits per heavy atom. The van der Waals surface area contributed by atoms with Crippen molar-refractivity contribution in [3.8, 4) is 12.3 Å². The second-order valence-electron chi connectivity index (χ2n) is 3.42. The van der Waals surface area contributed by atoms with Gasteiger partial charge in [-0.1, -0.05) is 12.0 Å². The van der Waals surface area contributed by atoms with Crippen LogP contribution in [-0.2, 0) is 10.0 Å². The number of hydrogen-bond acceptors (Lipinski definition) is 3. The first kappa shape index (κ1) is 14.2. The van der Waals surface area contributed by atoms with Gasteiger partial charge in [0.25, 0.3) is 5.91 Å². The lowest BCUT2D eigenvalue weighted by Gasteiger charge is -2.06. The van der Waals surface area contributed by atoms with E-state index in [-0.39, 0.29) is 17.3 Å². The van der Waals surface area contributed by atoms with Crippen molar-refractivity contribution in [3.05, 3.63) is 29.8 Å². The van der Waals surface area contributed by atoms with E-state index in [9.17, 15) is 13.2 Å². The first-order valence-corrected chi connectivity index (χ1v) is 6.81. The predicted octanol–water partition coefficient (Wildman–Crippen LogP) is 0.348. The summed E-state index contributed by atoms with van der Waals surface area (Å²) in [5.41, 5.74) is 0.292. The van der Waals surface area contributed by atoms with E-state index in [1.807, 2.05) is 0 Å². The van der Waals surface area contributed by atoms with Gasteiger partial charge in [0, 0.05) is 12.1 Å². The summed E-state index contributed by atoms with van der Waals surface area (Å²) >= 11 is 0. The maximum absolute atomic E-state index is 11.8. The number of rotatable bonds is 5. The number of amides is 1. The Morgan fingerprint density at radius 3 is 2.78 bits per heavy atom. The summed E-state index contributed by atoms with van der Waals surface area (Å²) < 4.78 is 25.8. The molecule has 0 spiro atoms. The number of carbonyl (C=O) groups is 1. The Balaban J connectivity index is 3.02. The monoisotopic (exact) mass is 266 g/mol. The summed E-state index contributed by atoms with van der Waals surface area (Å²) in [5.74, 6) is 1.87. The average Bonchev–Trinajstić information content (AvgIpc) is 2.37. The Bertz CT molecular complexity index is 573. The van der Waals surface area contributed by atoms with Crippen molar-refractivity contribution >= 4 is 15.9 Å². The minimum absolute atomic E-state index is 0.0153. The van der Waals surface area contributed by atoms with Gasteiger partial charge in [-0.3, -0.25) is 4.79 Å². The fourth-order valence-corrected chi connectivity index (χ4v) is 2.27. The van der Waals surface area contributed by atoms with Crippen molar-refractivity contribution in [2.75, 3.05) is 13.1 Å². The van der Waals surface area contributed by atoms with Crippen molar-refractivity contribution in [2.24, 2.45) is 0 Å². The molecule has 1 amide bonds. The van der Waals surface area contributed by atoms with Gasteiger partial charge in [0.05, 0.1) is 11.4 Å². The van der Waals surface area contributed by atoms with E-state index in [2.05, 4.69) is 16.0 Å². The van der Waals surface area contributed by atoms with Crippen molar-refractivity contribution in [1.82, 2.24) is 10.0 Å². The van der Waals surface area contributed by atoms with Gasteiger partial charge in [-0.2, -0.15) is 4.72 Å². The Hall–Kier alpha value is -1.84. The van der Waals surface area contributed by atoms with Gasteiger partial charge in [0.1, 0.15) is 0 Å². The van der Waals surface area contributed by atoms with Gasteiger partial charge in [-0.15, -0.1) is 6.42 Å². The van der Waals surface area contributed by atoms with Gasteiger partial charge in [0.15, 0.2) is 0 Å². The molecule has 0 aromatic heterocycles. The van der Waals surface area contributed by atoms with E-state index in [1.165, 1.54) is 18.2 Å². The summed E-state index contributed by atoms with van der Waals surface area (Å²) in [5, 5.41) is 2.60. The highest BCUT2D eigenvalue weighted by molar-refractivity contribution is 7.89. The topological polar surface area (TPSA) is 75.3 Å². The lowest BCUT2D eigenvalue weighted by Crippen LogP contribution is -2.25. The molecule has 1 rings (SSSR count). The van der Waals surface area contributed by atoms with Crippen molar-refractivity contribution in [2.45, 2.75) is 11.8 Å². The largest absolute Gasteiger partial charge is 0.352 e. The van der Waals surface area contributed by atoms with Crippen LogP contribution in [0.5, 0.6) is 0 Å². The van der Waals surface area contributed by atoms with E-state index in [4.69, 9.17) is 6.42 Å². The van der Waals surface area contributed by atoms with Gasteiger partial charge in [0.2, 0.25) is 10.0 Å². The molecule has 0 bridgehead atoms. The highest BCUT2D eigenvalue weighted by Gasteiger charge is 2.15. The number of benzene rings is 1. The van der Waals surface area contributed by atoms with Gasteiger partial charge >= 0.3 is 0 Å². The molecule has 0 radical (unpaired) electrons. The molecule has 6 heteroatoms. The fraction of sp³-hybridized carbons (Fsp3) is 0.250. The summed E-state index contributed by atoms with van der Waals surface area (Å²) in [6.07, 6.45) is 4.99. The molecule has 1 aromatic carbocycles. The molecule has 1 aromatic rings. The average molecular weight is 266 g/mol. The van der Waals surface area contributed by atoms with Gasteiger partial charge in [-0.05, 0) is 25.1 Å². The molecular formula is C12H14N2O3S. The molecule has 0 aliphatic heterocycles. The molecule has 0 aliphatic rings. The van der Waals surface area contributed by atoms with Crippen LogP contribution in [0.15, 0.2) is 29.2 Å². The normalized spacial score (nSPS) is 10.7. The minimum atomic E-state index is -3.67. The van der Waals surface area contributed by atoms with Crippen molar-refractivity contribution < 1.29 is 13.2 Å². The molecule has 2 N–H and O–H groups in total. The van der Waals surface area contributed by atoms with Crippen LogP contribution in [0.2, 0.25) is 0 Å². The van der Waals surface area contributed by atoms with Crippen LogP contribution in [0.4, 0.5) is 0 Å². The van der Waals surface area contributed by atoms with E-state index < -0.39 is 10.0 Å². The second-order valence-corrected chi connectivity index (χ2v) is 5.18. The highest BCUT2D eigenvalue weighted by Crippen LogP contribution is 2.11. The zero-order valence-electron chi connectivity index (χ0n) is 9.93. The summed E-state index contributed by atoms with van der Waals surface area (Å²) in [7, 11) is -3.67. The molecule has 96 valence electrons. The third-order valence-electron chi connectivity index (χ3n) is 2.11. The van der Waals surface area contributed by atoms with E-state index in [0.29, 0.717) is 12.1 Å². The first-order valence-electron chi connectivity index (χ1n) is 5.32. The lowest BCUT2D eigenvalue weighted by atomic mass is 10.2. The Labute approximate surface area is 107 Å². The van der Waals surface area contributed by atoms with E-state index in [1.54, 1.807) is 13.0 Å². The molecule has 18 heavy (non-hydrogen) atoms. The quantitative estimate of drug-likeness (QED) is 0.755. The van der Waals surface area contributed by atoms with Gasteiger partial charge < -0.3 is 5.32 Å². The molecule has 0 saturated carbocycles. The molecule has 0 aliphatic carbocycles. The SMILES string of the molecule is C#CCNS(=O)(=O)c1cccc(C(=O)NCC)c1. The van der Waals surface area contributed by atoms with Crippen LogP contribution in [0.1, 0.15) is 17.3 Å². The van der Waals surface area contributed by atoms with Gasteiger partial charge in [-0.25, -0.2) is 8.42 Å². The maximum atomic E-state index is 11.8. The zero-order chi connectivity index (χ0) is 13.6. The van der Waals surface area contributed by atoms with E-state index >= 15 is 0 Å². The van der Waals surface area contributed by atoms with Crippen LogP contribution in [0.3, 0.4) is 0 Å². The zero-order valence-corrected chi connectivity index (χ0v) is 10.8. The van der Waals surface area contributed by atoms with E-state index in [0.717, 1.165) is 0 Å². The van der Waals surface area contributed by atoms with Crippen LogP contribution in [0.25, 0.3) is 0 Å². The molecule has 0 fully saturated rings. The van der Waals surface area contributed by atoms with Crippen LogP contribution < -0.4 is 10.0 Å². The molecule has 0 atom stereocenters. The van der Waals surface area contributed by atoms with Crippen molar-refractivity contribution in [3.63, 3.8) is 0 Å². The highest BCUT2D eigenvalue weighted by atomic mass is 32.2. The smallest absolute Gasteiger partial charge is 0.251 e. The summed E-state index contributed by atoms with van der Waals surface area (Å²) in [6, 6.07) is 5.77. The third kappa shape index (κ3) is 3.58. The minimum Gasteiger partial charge on any atom is -0.352 e. The summed E-state index contributed by atoms with van der Waals surface area (Å²) in [6.45, 7) is 2.17. The van der Waals surface area contributed by atoms with Crippen molar-refractivity contribution in [1.29, 1.82) is 0 Å². The van der Waals surface area contributed by atoms with Crippen LogP contribution in [0, 0.1) is 12.3 Å². The molecule has 0 heterocycles. The Morgan fingerprint density at radius 2 is 2.17 bits per heavy atom. The second kappa shape index (κ2) is 6.19. The number of hydrogen-bond donors (Lipinski definition) is 2.